The summed E-state index contributed by atoms with van der Waals surface area (Å²) in [5, 5.41) is 9.59. The summed E-state index contributed by atoms with van der Waals surface area (Å²) in [5.74, 6) is 0.512. The highest BCUT2D eigenvalue weighted by Crippen LogP contribution is 2.22. The highest BCUT2D eigenvalue weighted by atomic mass is 32.2. The first kappa shape index (κ1) is 20.7. The topological polar surface area (TPSA) is 83.7 Å². The van der Waals surface area contributed by atoms with Crippen LogP contribution in [0.25, 0.3) is 10.8 Å². The molecule has 7 heteroatoms. The van der Waals surface area contributed by atoms with Gasteiger partial charge in [-0.25, -0.2) is 5.43 Å². The van der Waals surface area contributed by atoms with Crippen LogP contribution in [0.4, 0.5) is 5.69 Å². The van der Waals surface area contributed by atoms with Crippen molar-refractivity contribution in [1.29, 1.82) is 0 Å². The second-order valence-corrected chi connectivity index (χ2v) is 7.43. The minimum absolute atomic E-state index is 0.111. The number of carbonyl (C=O) groups excluding carboxylic acids is 2. The number of fused-ring (bicyclic) bond motifs is 1. The first-order chi connectivity index (χ1) is 14.1. The highest BCUT2D eigenvalue weighted by molar-refractivity contribution is 7.99. The second kappa shape index (κ2) is 10.5. The van der Waals surface area contributed by atoms with E-state index in [-0.39, 0.29) is 17.6 Å². The van der Waals surface area contributed by atoms with Gasteiger partial charge >= 0.3 is 0 Å². The molecule has 3 rings (SSSR count). The molecule has 150 valence electrons. The summed E-state index contributed by atoms with van der Waals surface area (Å²) in [6.45, 7) is 2.03. The molecule has 0 fully saturated rings. The summed E-state index contributed by atoms with van der Waals surface area (Å²) in [6.07, 6.45) is 3.71. The molecule has 1 heterocycles. The van der Waals surface area contributed by atoms with Gasteiger partial charge in [0.1, 0.15) is 5.76 Å². The summed E-state index contributed by atoms with van der Waals surface area (Å²) in [4.78, 5) is 23.7. The SMILES string of the molecule is CCCCC(=O)N/N=C\c1ccc(SCC(=O)Nc2ccc3ccccc3c2)o1. The van der Waals surface area contributed by atoms with Crippen molar-refractivity contribution in [3.05, 3.63) is 60.4 Å². The molecule has 0 unspecified atom stereocenters. The van der Waals surface area contributed by atoms with Crippen LogP contribution in [0.3, 0.4) is 0 Å². The number of nitrogens with one attached hydrogen (secondary N) is 2. The summed E-state index contributed by atoms with van der Waals surface area (Å²) in [5.41, 5.74) is 3.23. The number of rotatable bonds is 9. The number of nitrogens with zero attached hydrogens (tertiary/aromatic N) is 1. The van der Waals surface area contributed by atoms with Crippen LogP contribution in [0.15, 0.2) is 69.2 Å². The van der Waals surface area contributed by atoms with Crippen LogP contribution in [-0.2, 0) is 9.59 Å². The Kier molecular flexibility index (Phi) is 7.47. The first-order valence-electron chi connectivity index (χ1n) is 9.47. The zero-order valence-electron chi connectivity index (χ0n) is 16.2. The van der Waals surface area contributed by atoms with Crippen LogP contribution in [-0.4, -0.2) is 23.8 Å². The maximum atomic E-state index is 12.2. The molecule has 3 aromatic rings. The Labute approximate surface area is 173 Å². The summed E-state index contributed by atoms with van der Waals surface area (Å²) >= 11 is 1.30. The average Bonchev–Trinajstić information content (AvgIpc) is 3.18. The van der Waals surface area contributed by atoms with Crippen molar-refractivity contribution in [2.75, 3.05) is 11.1 Å². The lowest BCUT2D eigenvalue weighted by Crippen LogP contribution is -2.16. The fourth-order valence-corrected chi connectivity index (χ4v) is 3.31. The molecule has 0 aliphatic heterocycles. The Hall–Kier alpha value is -3.06. The molecule has 2 aromatic carbocycles. The number of anilines is 1. The third kappa shape index (κ3) is 6.50. The van der Waals surface area contributed by atoms with Gasteiger partial charge < -0.3 is 9.73 Å². The van der Waals surface area contributed by atoms with E-state index in [1.165, 1.54) is 18.0 Å². The number of hydrogen-bond acceptors (Lipinski definition) is 5. The number of benzene rings is 2. The first-order valence-corrected chi connectivity index (χ1v) is 10.5. The monoisotopic (exact) mass is 409 g/mol. The standard InChI is InChI=1S/C22H23N3O3S/c1-2-3-8-20(26)25-23-14-19-11-12-22(28-19)29-15-21(27)24-18-10-9-16-6-4-5-7-17(16)13-18/h4-7,9-14H,2-3,8,15H2,1H3,(H,24,27)(H,25,26)/b23-14-. The van der Waals surface area contributed by atoms with E-state index in [2.05, 4.69) is 15.8 Å². The average molecular weight is 410 g/mol. The number of hydrazone groups is 1. The lowest BCUT2D eigenvalue weighted by Gasteiger charge is -2.06. The van der Waals surface area contributed by atoms with Crippen LogP contribution in [0.2, 0.25) is 0 Å². The lowest BCUT2D eigenvalue weighted by molar-refractivity contribution is -0.121. The van der Waals surface area contributed by atoms with Crippen molar-refractivity contribution in [3.63, 3.8) is 0 Å². The molecule has 29 heavy (non-hydrogen) atoms. The van der Waals surface area contributed by atoms with Crippen molar-refractivity contribution < 1.29 is 14.0 Å². The van der Waals surface area contributed by atoms with E-state index in [4.69, 9.17) is 4.42 Å². The maximum absolute atomic E-state index is 12.2. The van der Waals surface area contributed by atoms with Gasteiger partial charge in [-0.1, -0.05) is 55.4 Å². The number of amides is 2. The molecule has 0 saturated heterocycles. The van der Waals surface area contributed by atoms with E-state index < -0.39 is 0 Å². The van der Waals surface area contributed by atoms with Crippen LogP contribution >= 0.6 is 11.8 Å². The predicted molar refractivity (Wildman–Crippen MR) is 117 cm³/mol. The fourth-order valence-electron chi connectivity index (χ4n) is 2.64. The third-order valence-corrected chi connectivity index (χ3v) is 5.03. The predicted octanol–water partition coefficient (Wildman–Crippen LogP) is 4.80. The van der Waals surface area contributed by atoms with E-state index in [9.17, 15) is 9.59 Å². The molecule has 1 aromatic heterocycles. The van der Waals surface area contributed by atoms with Crippen molar-refractivity contribution in [1.82, 2.24) is 5.43 Å². The zero-order valence-corrected chi connectivity index (χ0v) is 17.0. The molecule has 0 atom stereocenters. The quantitative estimate of drug-likeness (QED) is 0.302. The minimum Gasteiger partial charge on any atom is -0.449 e. The van der Waals surface area contributed by atoms with Gasteiger partial charge in [-0.05, 0) is 41.5 Å². The van der Waals surface area contributed by atoms with E-state index in [0.29, 0.717) is 17.3 Å². The van der Waals surface area contributed by atoms with Gasteiger partial charge in [0.15, 0.2) is 5.09 Å². The molecule has 0 bridgehead atoms. The number of thioether (sulfide) groups is 1. The molecule has 0 saturated carbocycles. The Morgan fingerprint density at radius 2 is 1.90 bits per heavy atom. The summed E-state index contributed by atoms with van der Waals surface area (Å²) in [7, 11) is 0. The van der Waals surface area contributed by atoms with Gasteiger partial charge in [-0.2, -0.15) is 5.10 Å². The molecule has 6 nitrogen and oxygen atoms in total. The molecule has 0 aliphatic carbocycles. The second-order valence-electron chi connectivity index (χ2n) is 6.45. The lowest BCUT2D eigenvalue weighted by atomic mass is 10.1. The van der Waals surface area contributed by atoms with Gasteiger partial charge in [0, 0.05) is 12.1 Å². The molecule has 0 aliphatic rings. The van der Waals surface area contributed by atoms with Crippen molar-refractivity contribution in [2.24, 2.45) is 5.10 Å². The van der Waals surface area contributed by atoms with Crippen LogP contribution in [0.1, 0.15) is 31.9 Å². The Balaban J connectivity index is 1.46. The zero-order chi connectivity index (χ0) is 20.5. The Morgan fingerprint density at radius 3 is 2.72 bits per heavy atom. The van der Waals surface area contributed by atoms with Gasteiger partial charge in [0.25, 0.3) is 0 Å². The van der Waals surface area contributed by atoms with Crippen LogP contribution in [0.5, 0.6) is 0 Å². The van der Waals surface area contributed by atoms with Crippen LogP contribution in [0, 0.1) is 0 Å². The minimum atomic E-state index is -0.116. The van der Waals surface area contributed by atoms with Crippen LogP contribution < -0.4 is 10.7 Å². The van der Waals surface area contributed by atoms with Gasteiger partial charge in [-0.3, -0.25) is 9.59 Å². The Bertz CT molecular complexity index is 1010. The number of carbonyl (C=O) groups is 2. The summed E-state index contributed by atoms with van der Waals surface area (Å²) < 4.78 is 5.59. The van der Waals surface area contributed by atoms with Gasteiger partial charge in [-0.15, -0.1) is 0 Å². The normalized spacial score (nSPS) is 11.1. The largest absolute Gasteiger partial charge is 0.449 e. The van der Waals surface area contributed by atoms with Gasteiger partial charge in [0.05, 0.1) is 12.0 Å². The molecular weight excluding hydrogens is 386 g/mol. The number of unbranched alkanes of at least 4 members (excludes halogenated alkanes) is 1. The molecule has 0 radical (unpaired) electrons. The molecule has 0 spiro atoms. The van der Waals surface area contributed by atoms with E-state index in [1.54, 1.807) is 12.1 Å². The smallest absolute Gasteiger partial charge is 0.240 e. The third-order valence-electron chi connectivity index (χ3n) is 4.12. The maximum Gasteiger partial charge on any atom is 0.240 e. The fraction of sp³-hybridized carbons (Fsp3) is 0.227. The van der Waals surface area contributed by atoms with E-state index in [1.807, 2.05) is 49.4 Å². The molecule has 2 N–H and O–H groups in total. The van der Waals surface area contributed by atoms with Crippen molar-refractivity contribution in [3.8, 4) is 0 Å². The van der Waals surface area contributed by atoms with Crippen molar-refractivity contribution in [2.45, 2.75) is 31.3 Å². The molecule has 2 amide bonds. The number of furan rings is 1. The molecular formula is C22H23N3O3S. The summed E-state index contributed by atoms with van der Waals surface area (Å²) in [6, 6.07) is 17.3. The van der Waals surface area contributed by atoms with E-state index in [0.717, 1.165) is 29.3 Å². The van der Waals surface area contributed by atoms with Gasteiger partial charge in [0.2, 0.25) is 11.8 Å². The van der Waals surface area contributed by atoms with E-state index >= 15 is 0 Å². The van der Waals surface area contributed by atoms with Crippen molar-refractivity contribution >= 4 is 46.3 Å². The highest BCUT2D eigenvalue weighted by Gasteiger charge is 2.07. The number of hydrogen-bond donors (Lipinski definition) is 2. The Morgan fingerprint density at radius 1 is 1.07 bits per heavy atom.